The zero-order chi connectivity index (χ0) is 9.80. The van der Waals surface area contributed by atoms with Crippen LogP contribution in [0.15, 0.2) is 0 Å². The van der Waals surface area contributed by atoms with Gasteiger partial charge in [-0.2, -0.15) is 0 Å². The van der Waals surface area contributed by atoms with Gasteiger partial charge in [0, 0.05) is 19.5 Å². The Morgan fingerprint density at radius 1 is 1.43 bits per heavy atom. The Hall–Kier alpha value is -0.610. The van der Waals surface area contributed by atoms with Gasteiger partial charge in [0.05, 0.1) is 0 Å². The third kappa shape index (κ3) is 2.69. The molecule has 0 amide bonds. The van der Waals surface area contributed by atoms with Crippen LogP contribution in [0.3, 0.4) is 0 Å². The van der Waals surface area contributed by atoms with Crippen LogP contribution in [0.1, 0.15) is 25.7 Å². The van der Waals surface area contributed by atoms with Crippen molar-refractivity contribution < 1.29 is 9.63 Å². The fraction of sp³-hybridized carbons (Fsp3) is 0.900. The Balaban J connectivity index is 1.75. The third-order valence-corrected chi connectivity index (χ3v) is 2.94. The first kappa shape index (κ1) is 9.93. The third-order valence-electron chi connectivity index (χ3n) is 2.94. The zero-order valence-corrected chi connectivity index (χ0v) is 8.50. The molecule has 2 aliphatic rings. The van der Waals surface area contributed by atoms with Crippen LogP contribution in [0.5, 0.6) is 0 Å². The number of hydrogen-bond acceptors (Lipinski definition) is 4. The molecule has 2 fully saturated rings. The van der Waals surface area contributed by atoms with E-state index in [1.54, 1.807) is 0 Å². The molecule has 4 heteroatoms. The highest BCUT2D eigenvalue weighted by molar-refractivity contribution is 5.69. The van der Waals surface area contributed by atoms with Crippen LogP contribution in [0, 0.1) is 5.92 Å². The van der Waals surface area contributed by atoms with Gasteiger partial charge in [0.25, 0.3) is 0 Å². The fourth-order valence-corrected chi connectivity index (χ4v) is 2.12. The van der Waals surface area contributed by atoms with Gasteiger partial charge in [-0.15, -0.1) is 5.06 Å². The molecular formula is C10H18N2O2. The van der Waals surface area contributed by atoms with Gasteiger partial charge in [0.15, 0.2) is 0 Å². The lowest BCUT2D eigenvalue weighted by Crippen LogP contribution is -2.40. The molecule has 2 rings (SSSR count). The second-order valence-corrected chi connectivity index (χ2v) is 4.15. The first-order valence-corrected chi connectivity index (χ1v) is 5.51. The lowest BCUT2D eigenvalue weighted by atomic mass is 9.98. The number of rotatable bonds is 2. The molecule has 0 aliphatic carbocycles. The van der Waals surface area contributed by atoms with Crippen molar-refractivity contribution in [2.45, 2.75) is 25.7 Å². The average molecular weight is 198 g/mol. The van der Waals surface area contributed by atoms with Gasteiger partial charge < -0.3 is 10.2 Å². The van der Waals surface area contributed by atoms with E-state index in [9.17, 15) is 4.79 Å². The van der Waals surface area contributed by atoms with Crippen LogP contribution in [-0.4, -0.2) is 37.2 Å². The summed E-state index contributed by atoms with van der Waals surface area (Å²) in [6.07, 6.45) is 3.94. The monoisotopic (exact) mass is 198 g/mol. The van der Waals surface area contributed by atoms with Gasteiger partial charge in [-0.3, -0.25) is 4.79 Å². The number of nitrogens with one attached hydrogen (secondary N) is 1. The minimum Gasteiger partial charge on any atom is -0.368 e. The quantitative estimate of drug-likeness (QED) is 0.703. The number of carbonyl (C=O) groups is 1. The number of piperidine rings is 1. The minimum absolute atomic E-state index is 0.0646. The van der Waals surface area contributed by atoms with Crippen molar-refractivity contribution in [3.8, 4) is 0 Å². The van der Waals surface area contributed by atoms with Gasteiger partial charge in [-0.05, 0) is 38.3 Å². The highest BCUT2D eigenvalue weighted by Gasteiger charge is 2.22. The summed E-state index contributed by atoms with van der Waals surface area (Å²) in [5, 5.41) is 5.18. The van der Waals surface area contributed by atoms with Crippen molar-refractivity contribution in [1.29, 1.82) is 0 Å². The summed E-state index contributed by atoms with van der Waals surface area (Å²) in [5.74, 6) is 0.632. The maximum atomic E-state index is 11.0. The smallest absolute Gasteiger partial charge is 0.325 e. The maximum absolute atomic E-state index is 11.0. The van der Waals surface area contributed by atoms with Crippen LogP contribution in [0.2, 0.25) is 0 Å². The first-order chi connectivity index (χ1) is 6.84. The minimum atomic E-state index is -0.0646. The van der Waals surface area contributed by atoms with E-state index >= 15 is 0 Å². The lowest BCUT2D eigenvalue weighted by molar-refractivity contribution is -0.203. The molecule has 0 spiro atoms. The Kier molecular flexibility index (Phi) is 3.37. The molecular weight excluding hydrogens is 180 g/mol. The van der Waals surface area contributed by atoms with E-state index in [2.05, 4.69) is 5.32 Å². The van der Waals surface area contributed by atoms with Gasteiger partial charge in [-0.1, -0.05) is 0 Å². The average Bonchev–Trinajstić information content (AvgIpc) is 2.19. The zero-order valence-electron chi connectivity index (χ0n) is 8.50. The normalized spacial score (nSPS) is 26.1. The number of hydrogen-bond donors (Lipinski definition) is 1. The van der Waals surface area contributed by atoms with Crippen LogP contribution in [0.25, 0.3) is 0 Å². The molecule has 0 saturated carbocycles. The molecule has 0 aromatic rings. The van der Waals surface area contributed by atoms with Crippen molar-refractivity contribution in [3.05, 3.63) is 0 Å². The van der Waals surface area contributed by atoms with Crippen molar-refractivity contribution in [1.82, 2.24) is 10.4 Å². The first-order valence-electron chi connectivity index (χ1n) is 5.51. The molecule has 14 heavy (non-hydrogen) atoms. The maximum Gasteiger partial charge on any atom is 0.325 e. The largest absolute Gasteiger partial charge is 0.368 e. The van der Waals surface area contributed by atoms with E-state index in [-0.39, 0.29) is 5.97 Å². The summed E-state index contributed by atoms with van der Waals surface area (Å²) >= 11 is 0. The van der Waals surface area contributed by atoms with E-state index in [0.29, 0.717) is 12.3 Å². The highest BCUT2D eigenvalue weighted by Crippen LogP contribution is 2.16. The van der Waals surface area contributed by atoms with E-state index in [1.807, 2.05) is 5.06 Å². The van der Waals surface area contributed by atoms with Crippen LogP contribution >= 0.6 is 0 Å². The van der Waals surface area contributed by atoms with E-state index < -0.39 is 0 Å². The molecule has 0 unspecified atom stereocenters. The van der Waals surface area contributed by atoms with E-state index in [4.69, 9.17) is 4.84 Å². The molecule has 2 saturated heterocycles. The molecule has 0 radical (unpaired) electrons. The second-order valence-electron chi connectivity index (χ2n) is 4.15. The van der Waals surface area contributed by atoms with E-state index in [0.717, 1.165) is 32.6 Å². The Bertz CT molecular complexity index is 202. The summed E-state index contributed by atoms with van der Waals surface area (Å²) in [4.78, 5) is 16.2. The molecule has 2 aliphatic heterocycles. The summed E-state index contributed by atoms with van der Waals surface area (Å²) in [5.41, 5.74) is 0. The standard InChI is InChI=1S/C10H18N2O2/c13-10-2-1-7-12(14-10)8-9-3-5-11-6-4-9/h9,11H,1-8H2. The van der Waals surface area contributed by atoms with Gasteiger partial charge in [-0.25, -0.2) is 0 Å². The van der Waals surface area contributed by atoms with E-state index in [1.165, 1.54) is 12.8 Å². The predicted molar refractivity (Wildman–Crippen MR) is 52.5 cm³/mol. The molecule has 2 heterocycles. The predicted octanol–water partition coefficient (Wildman–Crippen LogP) is 0.540. The summed E-state index contributed by atoms with van der Waals surface area (Å²) in [6, 6.07) is 0. The SMILES string of the molecule is O=C1CCCN(CC2CCNCC2)O1. The molecule has 80 valence electrons. The number of hydroxylamine groups is 2. The van der Waals surface area contributed by atoms with Crippen molar-refractivity contribution in [3.63, 3.8) is 0 Å². The Morgan fingerprint density at radius 3 is 2.93 bits per heavy atom. The lowest BCUT2D eigenvalue weighted by Gasteiger charge is -2.30. The molecule has 4 nitrogen and oxygen atoms in total. The van der Waals surface area contributed by atoms with Gasteiger partial charge in [0.2, 0.25) is 0 Å². The summed E-state index contributed by atoms with van der Waals surface area (Å²) < 4.78 is 0. The van der Waals surface area contributed by atoms with Gasteiger partial charge >= 0.3 is 5.97 Å². The van der Waals surface area contributed by atoms with Crippen molar-refractivity contribution in [2.75, 3.05) is 26.2 Å². The highest BCUT2D eigenvalue weighted by atomic mass is 16.7. The van der Waals surface area contributed by atoms with Crippen molar-refractivity contribution >= 4 is 5.97 Å². The molecule has 0 aromatic carbocycles. The van der Waals surface area contributed by atoms with Crippen LogP contribution < -0.4 is 5.32 Å². The number of nitrogens with zero attached hydrogens (tertiary/aromatic N) is 1. The molecule has 0 aromatic heterocycles. The van der Waals surface area contributed by atoms with Crippen molar-refractivity contribution in [2.24, 2.45) is 5.92 Å². The molecule has 0 atom stereocenters. The summed E-state index contributed by atoms with van der Waals surface area (Å²) in [6.45, 7) is 4.04. The van der Waals surface area contributed by atoms with Gasteiger partial charge in [0.1, 0.15) is 0 Å². The fourth-order valence-electron chi connectivity index (χ4n) is 2.12. The summed E-state index contributed by atoms with van der Waals surface area (Å²) in [7, 11) is 0. The molecule has 0 bridgehead atoms. The number of carbonyl (C=O) groups excluding carboxylic acids is 1. The second kappa shape index (κ2) is 4.75. The topological polar surface area (TPSA) is 41.6 Å². The van der Waals surface area contributed by atoms with Crippen LogP contribution in [0.4, 0.5) is 0 Å². The van der Waals surface area contributed by atoms with Crippen LogP contribution in [-0.2, 0) is 9.63 Å². The Morgan fingerprint density at radius 2 is 2.21 bits per heavy atom. The Labute approximate surface area is 84.6 Å². The molecule has 1 N–H and O–H groups in total.